The van der Waals surface area contributed by atoms with E-state index in [1.54, 1.807) is 0 Å². The van der Waals surface area contributed by atoms with Crippen LogP contribution in [0.3, 0.4) is 0 Å². The third kappa shape index (κ3) is 3.23. The number of allylic oxidation sites excluding steroid dienone is 1. The second-order valence-electron chi connectivity index (χ2n) is 6.44. The van der Waals surface area contributed by atoms with Gasteiger partial charge in [0.15, 0.2) is 8.32 Å². The van der Waals surface area contributed by atoms with Crippen LogP contribution in [0.5, 0.6) is 0 Å². The molecule has 0 fully saturated rings. The summed E-state index contributed by atoms with van der Waals surface area (Å²) in [6.07, 6.45) is 8.02. The third-order valence-electron chi connectivity index (χ3n) is 3.04. The van der Waals surface area contributed by atoms with E-state index >= 15 is 0 Å². The summed E-state index contributed by atoms with van der Waals surface area (Å²) >= 11 is 0. The Morgan fingerprint density at radius 2 is 1.94 bits per heavy atom. The van der Waals surface area contributed by atoms with Gasteiger partial charge >= 0.3 is 0 Å². The van der Waals surface area contributed by atoms with Gasteiger partial charge in [0.05, 0.1) is 0 Å². The Bertz CT molecular complexity index is 339. The lowest BCUT2D eigenvalue weighted by Crippen LogP contribution is -2.37. The summed E-state index contributed by atoms with van der Waals surface area (Å²) in [5, 5.41) is 0. The lowest BCUT2D eigenvalue weighted by atomic mass is 9.72. The summed E-state index contributed by atoms with van der Waals surface area (Å²) in [6.45, 7) is 13.3. The zero-order valence-electron chi connectivity index (χ0n) is 11.5. The van der Waals surface area contributed by atoms with Gasteiger partial charge in [0, 0.05) is 11.7 Å². The van der Waals surface area contributed by atoms with Crippen molar-refractivity contribution in [1.29, 1.82) is 0 Å². The molecule has 1 atom stereocenters. The Hall–Kier alpha value is -0.523. The molecule has 0 aromatic carbocycles. The van der Waals surface area contributed by atoms with E-state index in [0.29, 0.717) is 6.10 Å². The first kappa shape index (κ1) is 13.5. The summed E-state index contributed by atoms with van der Waals surface area (Å²) in [6, 6.07) is 0. The van der Waals surface area contributed by atoms with Gasteiger partial charge in [0.1, 0.15) is 0 Å². The molecule has 1 unspecified atom stereocenters. The molecule has 0 N–H and O–H groups in total. The van der Waals surface area contributed by atoms with Crippen molar-refractivity contribution >= 4 is 8.32 Å². The highest BCUT2D eigenvalue weighted by Crippen LogP contribution is 2.41. The van der Waals surface area contributed by atoms with Gasteiger partial charge in [0.25, 0.3) is 0 Å². The minimum absolute atomic E-state index is 0.0986. The maximum atomic E-state index is 6.21. The fourth-order valence-electron chi connectivity index (χ4n) is 2.67. The topological polar surface area (TPSA) is 9.23 Å². The Balaban J connectivity index is 2.88. The molecule has 0 bridgehead atoms. The van der Waals surface area contributed by atoms with Gasteiger partial charge in [-0.1, -0.05) is 25.3 Å². The molecule has 16 heavy (non-hydrogen) atoms. The lowest BCUT2D eigenvalue weighted by Gasteiger charge is -2.39. The molecule has 1 aliphatic carbocycles. The average Bonchev–Trinajstić information content (AvgIpc) is 1.97. The molecule has 90 valence electrons. The van der Waals surface area contributed by atoms with E-state index < -0.39 is 8.32 Å². The van der Waals surface area contributed by atoms with E-state index in [1.807, 2.05) is 0 Å². The van der Waals surface area contributed by atoms with Crippen molar-refractivity contribution in [2.75, 3.05) is 0 Å². The van der Waals surface area contributed by atoms with Gasteiger partial charge in [-0.25, -0.2) is 0 Å². The van der Waals surface area contributed by atoms with Gasteiger partial charge in [0.2, 0.25) is 0 Å². The normalized spacial score (nSPS) is 25.4. The van der Waals surface area contributed by atoms with Crippen molar-refractivity contribution in [2.45, 2.75) is 59.4 Å². The van der Waals surface area contributed by atoms with Crippen LogP contribution in [0.25, 0.3) is 0 Å². The summed E-state index contributed by atoms with van der Waals surface area (Å²) in [5.74, 6) is 2.86. The molecule has 1 aliphatic rings. The van der Waals surface area contributed by atoms with Crippen LogP contribution in [0.2, 0.25) is 19.6 Å². The molecule has 2 heteroatoms. The Morgan fingerprint density at radius 3 is 2.31 bits per heavy atom. The van der Waals surface area contributed by atoms with E-state index in [4.69, 9.17) is 10.8 Å². The van der Waals surface area contributed by atoms with Crippen molar-refractivity contribution in [3.8, 4) is 12.3 Å². The zero-order valence-corrected chi connectivity index (χ0v) is 12.5. The third-order valence-corrected chi connectivity index (χ3v) is 4.08. The molecule has 0 saturated carbocycles. The molecule has 0 aliphatic heterocycles. The molecule has 1 nitrogen and oxygen atoms in total. The minimum atomic E-state index is -1.44. The van der Waals surface area contributed by atoms with Gasteiger partial charge in [-0.05, 0) is 44.8 Å². The Labute approximate surface area is 101 Å². The van der Waals surface area contributed by atoms with Crippen LogP contribution in [0.4, 0.5) is 0 Å². The van der Waals surface area contributed by atoms with Crippen LogP contribution < -0.4 is 0 Å². The standard InChI is InChI=1S/C14H24OSi/c1-8-13-11(2)9-12(10-14(13,3)4)15-16(5,6)7/h1,12H,9-10H2,2-7H3. The fraction of sp³-hybridized carbons (Fsp3) is 0.714. The smallest absolute Gasteiger partial charge is 0.184 e. The van der Waals surface area contributed by atoms with E-state index in [-0.39, 0.29) is 5.41 Å². The first-order valence-electron chi connectivity index (χ1n) is 6.00. The average molecular weight is 236 g/mol. The maximum absolute atomic E-state index is 6.21. The van der Waals surface area contributed by atoms with E-state index in [1.165, 1.54) is 11.1 Å². The zero-order chi connectivity index (χ0) is 12.6. The highest BCUT2D eigenvalue weighted by molar-refractivity contribution is 6.69. The molecule has 0 amide bonds. The maximum Gasteiger partial charge on any atom is 0.184 e. The first-order chi connectivity index (χ1) is 7.15. The number of terminal acetylenes is 1. The van der Waals surface area contributed by atoms with E-state index in [9.17, 15) is 0 Å². The molecular formula is C14H24OSi. The quantitative estimate of drug-likeness (QED) is 0.520. The minimum Gasteiger partial charge on any atom is -0.414 e. The Kier molecular flexibility index (Phi) is 3.71. The highest BCUT2D eigenvalue weighted by atomic mass is 28.4. The molecule has 1 rings (SSSR count). The monoisotopic (exact) mass is 236 g/mol. The number of hydrogen-bond donors (Lipinski definition) is 0. The summed E-state index contributed by atoms with van der Waals surface area (Å²) in [4.78, 5) is 0. The van der Waals surface area contributed by atoms with Crippen LogP contribution in [0.1, 0.15) is 33.6 Å². The highest BCUT2D eigenvalue weighted by Gasteiger charge is 2.35. The van der Waals surface area contributed by atoms with Crippen LogP contribution in [-0.2, 0) is 4.43 Å². The van der Waals surface area contributed by atoms with E-state index in [0.717, 1.165) is 12.8 Å². The summed E-state index contributed by atoms with van der Waals surface area (Å²) in [7, 11) is -1.44. The van der Waals surface area contributed by atoms with Crippen molar-refractivity contribution < 1.29 is 4.43 Å². The molecule has 0 spiro atoms. The molecule has 0 heterocycles. The lowest BCUT2D eigenvalue weighted by molar-refractivity contribution is 0.133. The van der Waals surface area contributed by atoms with Crippen LogP contribution in [0, 0.1) is 17.8 Å². The van der Waals surface area contributed by atoms with Crippen molar-refractivity contribution in [2.24, 2.45) is 5.41 Å². The largest absolute Gasteiger partial charge is 0.414 e. The van der Waals surface area contributed by atoms with Gasteiger partial charge in [-0.15, -0.1) is 6.42 Å². The number of rotatable bonds is 2. The van der Waals surface area contributed by atoms with Gasteiger partial charge < -0.3 is 4.43 Å². The molecule has 0 aromatic heterocycles. The molecule has 0 aromatic rings. The van der Waals surface area contributed by atoms with Crippen molar-refractivity contribution in [1.82, 2.24) is 0 Å². The van der Waals surface area contributed by atoms with Crippen molar-refractivity contribution in [3.63, 3.8) is 0 Å². The van der Waals surface area contributed by atoms with Gasteiger partial charge in [-0.3, -0.25) is 0 Å². The summed E-state index contributed by atoms with van der Waals surface area (Å²) in [5.41, 5.74) is 2.62. The van der Waals surface area contributed by atoms with E-state index in [2.05, 4.69) is 46.3 Å². The van der Waals surface area contributed by atoms with Crippen molar-refractivity contribution in [3.05, 3.63) is 11.1 Å². The Morgan fingerprint density at radius 1 is 1.38 bits per heavy atom. The summed E-state index contributed by atoms with van der Waals surface area (Å²) < 4.78 is 6.21. The molecular weight excluding hydrogens is 212 g/mol. The SMILES string of the molecule is C#CC1=C(C)CC(O[Si](C)(C)C)CC1(C)C. The predicted molar refractivity (Wildman–Crippen MR) is 72.8 cm³/mol. The molecule has 0 radical (unpaired) electrons. The second kappa shape index (κ2) is 4.39. The number of hydrogen-bond acceptors (Lipinski definition) is 1. The molecule has 0 saturated heterocycles. The first-order valence-corrected chi connectivity index (χ1v) is 9.41. The van der Waals surface area contributed by atoms with Crippen LogP contribution in [-0.4, -0.2) is 14.4 Å². The van der Waals surface area contributed by atoms with Crippen LogP contribution >= 0.6 is 0 Å². The fourth-order valence-corrected chi connectivity index (χ4v) is 3.83. The second-order valence-corrected chi connectivity index (χ2v) is 10.9. The van der Waals surface area contributed by atoms with Gasteiger partial charge in [-0.2, -0.15) is 0 Å². The van der Waals surface area contributed by atoms with Crippen LogP contribution in [0.15, 0.2) is 11.1 Å². The predicted octanol–water partition coefficient (Wildman–Crippen LogP) is 3.98.